The highest BCUT2D eigenvalue weighted by Crippen LogP contribution is 2.15. The van der Waals surface area contributed by atoms with Crippen LogP contribution in [0.1, 0.15) is 19.4 Å². The number of amides is 1. The van der Waals surface area contributed by atoms with Gasteiger partial charge in [-0.3, -0.25) is 4.79 Å². The molecule has 1 rings (SSSR count). The van der Waals surface area contributed by atoms with Gasteiger partial charge in [-0.05, 0) is 20.8 Å². The molecule has 0 atom stereocenters. The largest absolute Gasteiger partial charge is 0.362 e. The Morgan fingerprint density at radius 3 is 2.69 bits per heavy atom. The molecule has 0 unspecified atom stereocenters. The number of carbonyl (C=O) groups excluding carboxylic acids is 1. The topological polar surface area (TPSA) is 55.1 Å². The van der Waals surface area contributed by atoms with E-state index in [4.69, 9.17) is 0 Å². The second kappa shape index (κ2) is 3.16. The van der Waals surface area contributed by atoms with Gasteiger partial charge in [-0.25, -0.2) is 4.39 Å². The molecule has 5 heteroatoms. The maximum absolute atomic E-state index is 13.0. The van der Waals surface area contributed by atoms with E-state index in [1.165, 1.54) is 20.1 Å². The van der Waals surface area contributed by atoms with E-state index in [1.807, 2.05) is 0 Å². The summed E-state index contributed by atoms with van der Waals surface area (Å²) in [6.45, 7) is 4.06. The minimum Gasteiger partial charge on any atom is -0.362 e. The molecule has 1 heterocycles. The lowest BCUT2D eigenvalue weighted by molar-refractivity contribution is -0.125. The number of rotatable bonds is 2. The van der Waals surface area contributed by atoms with Crippen LogP contribution in [0.5, 0.6) is 0 Å². The summed E-state index contributed by atoms with van der Waals surface area (Å²) in [5, 5.41) is 5.81. The SMILES string of the molecule is Cc1conc1NC(=O)C(C)(C)F. The highest BCUT2D eigenvalue weighted by Gasteiger charge is 2.27. The van der Waals surface area contributed by atoms with E-state index in [0.717, 1.165) is 0 Å². The number of nitrogens with zero attached hydrogens (tertiary/aromatic N) is 1. The van der Waals surface area contributed by atoms with Gasteiger partial charge in [-0.1, -0.05) is 5.16 Å². The number of anilines is 1. The number of alkyl halides is 1. The van der Waals surface area contributed by atoms with Crippen molar-refractivity contribution in [3.8, 4) is 0 Å². The van der Waals surface area contributed by atoms with E-state index in [9.17, 15) is 9.18 Å². The Kier molecular flexibility index (Phi) is 2.36. The summed E-state index contributed by atoms with van der Waals surface area (Å²) >= 11 is 0. The fourth-order valence-electron chi connectivity index (χ4n) is 0.663. The van der Waals surface area contributed by atoms with E-state index in [1.54, 1.807) is 6.92 Å². The first-order chi connectivity index (χ1) is 5.91. The van der Waals surface area contributed by atoms with Crippen LogP contribution in [0.25, 0.3) is 0 Å². The first-order valence-corrected chi connectivity index (χ1v) is 3.82. The molecule has 0 fully saturated rings. The predicted octanol–water partition coefficient (Wildman–Crippen LogP) is 1.67. The van der Waals surface area contributed by atoms with Crippen molar-refractivity contribution in [1.82, 2.24) is 5.16 Å². The van der Waals surface area contributed by atoms with Gasteiger partial charge in [0.05, 0.1) is 0 Å². The number of nitrogens with one attached hydrogen (secondary N) is 1. The number of aryl methyl sites for hydroxylation is 1. The Bertz CT molecular complexity index is 314. The normalized spacial score (nSPS) is 11.4. The monoisotopic (exact) mass is 186 g/mol. The molecule has 0 radical (unpaired) electrons. The zero-order valence-corrected chi connectivity index (χ0v) is 7.72. The first-order valence-electron chi connectivity index (χ1n) is 3.82. The molecule has 0 saturated heterocycles. The average molecular weight is 186 g/mol. The van der Waals surface area contributed by atoms with Crippen LogP contribution in [0, 0.1) is 6.92 Å². The van der Waals surface area contributed by atoms with Crippen LogP contribution in [0.2, 0.25) is 0 Å². The molecule has 0 aromatic carbocycles. The quantitative estimate of drug-likeness (QED) is 0.764. The maximum atomic E-state index is 13.0. The molecule has 0 aliphatic carbocycles. The van der Waals surface area contributed by atoms with Crippen molar-refractivity contribution >= 4 is 11.7 Å². The summed E-state index contributed by atoms with van der Waals surface area (Å²) in [6.07, 6.45) is 1.38. The van der Waals surface area contributed by atoms with Gasteiger partial charge in [0, 0.05) is 5.56 Å². The number of hydrogen-bond donors (Lipinski definition) is 1. The lowest BCUT2D eigenvalue weighted by Gasteiger charge is -2.12. The van der Waals surface area contributed by atoms with Crippen LogP contribution in [0.4, 0.5) is 10.2 Å². The van der Waals surface area contributed by atoms with E-state index >= 15 is 0 Å². The Labute approximate surface area is 75.1 Å². The predicted molar refractivity (Wildman–Crippen MR) is 45.1 cm³/mol. The third kappa shape index (κ3) is 2.27. The summed E-state index contributed by atoms with van der Waals surface area (Å²) in [4.78, 5) is 11.1. The van der Waals surface area contributed by atoms with Gasteiger partial charge in [-0.2, -0.15) is 0 Å². The van der Waals surface area contributed by atoms with E-state index in [0.29, 0.717) is 5.56 Å². The number of halogens is 1. The van der Waals surface area contributed by atoms with Crippen LogP contribution in [0.3, 0.4) is 0 Å². The molecule has 4 nitrogen and oxygen atoms in total. The van der Waals surface area contributed by atoms with Crippen molar-refractivity contribution in [2.75, 3.05) is 5.32 Å². The molecule has 0 bridgehead atoms. The number of carbonyl (C=O) groups is 1. The van der Waals surface area contributed by atoms with Crippen molar-refractivity contribution in [2.24, 2.45) is 0 Å². The van der Waals surface area contributed by atoms with Crippen molar-refractivity contribution in [2.45, 2.75) is 26.4 Å². The summed E-state index contributed by atoms with van der Waals surface area (Å²) in [6, 6.07) is 0. The highest BCUT2D eigenvalue weighted by molar-refractivity contribution is 5.96. The molecule has 1 aromatic rings. The first kappa shape index (κ1) is 9.70. The van der Waals surface area contributed by atoms with E-state index in [2.05, 4.69) is 15.0 Å². The Morgan fingerprint density at radius 2 is 2.31 bits per heavy atom. The minimum atomic E-state index is -1.91. The Hall–Kier alpha value is -1.39. The van der Waals surface area contributed by atoms with Gasteiger partial charge in [0.15, 0.2) is 11.5 Å². The van der Waals surface area contributed by atoms with Crippen LogP contribution in [-0.2, 0) is 4.79 Å². The molecular formula is C8H11FN2O2. The molecule has 1 N–H and O–H groups in total. The molecule has 0 spiro atoms. The lowest BCUT2D eigenvalue weighted by atomic mass is 10.1. The second-order valence-electron chi connectivity index (χ2n) is 3.27. The van der Waals surface area contributed by atoms with Crippen LogP contribution < -0.4 is 5.32 Å². The smallest absolute Gasteiger partial charge is 0.262 e. The summed E-state index contributed by atoms with van der Waals surface area (Å²) in [7, 11) is 0. The lowest BCUT2D eigenvalue weighted by Crippen LogP contribution is -2.32. The van der Waals surface area contributed by atoms with Crippen LogP contribution >= 0.6 is 0 Å². The van der Waals surface area contributed by atoms with Gasteiger partial charge in [-0.15, -0.1) is 0 Å². The molecule has 0 saturated carbocycles. The molecule has 1 amide bonds. The van der Waals surface area contributed by atoms with Crippen molar-refractivity contribution in [1.29, 1.82) is 0 Å². The zero-order chi connectivity index (χ0) is 10.1. The van der Waals surface area contributed by atoms with Crippen LogP contribution in [0.15, 0.2) is 10.8 Å². The van der Waals surface area contributed by atoms with Gasteiger partial charge < -0.3 is 9.84 Å². The summed E-state index contributed by atoms with van der Waals surface area (Å²) in [5.41, 5.74) is -1.25. The average Bonchev–Trinajstić information content (AvgIpc) is 2.34. The molecule has 1 aromatic heterocycles. The van der Waals surface area contributed by atoms with Gasteiger partial charge in [0.25, 0.3) is 5.91 Å². The summed E-state index contributed by atoms with van der Waals surface area (Å²) in [5.74, 6) is -0.472. The fraction of sp³-hybridized carbons (Fsp3) is 0.500. The molecule has 0 aliphatic rings. The second-order valence-corrected chi connectivity index (χ2v) is 3.27. The number of aromatic nitrogens is 1. The Balaban J connectivity index is 2.71. The number of hydrogen-bond acceptors (Lipinski definition) is 3. The molecule has 72 valence electrons. The highest BCUT2D eigenvalue weighted by atomic mass is 19.1. The van der Waals surface area contributed by atoms with Crippen molar-refractivity contribution in [3.05, 3.63) is 11.8 Å². The van der Waals surface area contributed by atoms with Crippen LogP contribution in [-0.4, -0.2) is 16.7 Å². The minimum absolute atomic E-state index is 0.260. The third-order valence-electron chi connectivity index (χ3n) is 1.52. The van der Waals surface area contributed by atoms with Gasteiger partial charge in [0.1, 0.15) is 6.26 Å². The van der Waals surface area contributed by atoms with Crippen molar-refractivity contribution in [3.63, 3.8) is 0 Å². The van der Waals surface area contributed by atoms with E-state index in [-0.39, 0.29) is 5.82 Å². The van der Waals surface area contributed by atoms with E-state index < -0.39 is 11.6 Å². The zero-order valence-electron chi connectivity index (χ0n) is 7.72. The molecule has 0 aliphatic heterocycles. The van der Waals surface area contributed by atoms with Gasteiger partial charge in [0.2, 0.25) is 0 Å². The molecule has 13 heavy (non-hydrogen) atoms. The fourth-order valence-corrected chi connectivity index (χ4v) is 0.663. The summed E-state index contributed by atoms with van der Waals surface area (Å²) < 4.78 is 17.6. The standard InChI is InChI=1S/C8H11FN2O2/c1-5-4-13-11-6(5)10-7(12)8(2,3)9/h4H,1-3H3,(H,10,11,12). The van der Waals surface area contributed by atoms with Crippen molar-refractivity contribution < 1.29 is 13.7 Å². The third-order valence-corrected chi connectivity index (χ3v) is 1.52. The molecular weight excluding hydrogens is 175 g/mol. The van der Waals surface area contributed by atoms with Gasteiger partial charge >= 0.3 is 0 Å². The maximum Gasteiger partial charge on any atom is 0.262 e. The Morgan fingerprint density at radius 1 is 1.69 bits per heavy atom.